The lowest BCUT2D eigenvalue weighted by Gasteiger charge is -2.15. The molecule has 0 aliphatic heterocycles. The van der Waals surface area contributed by atoms with Gasteiger partial charge in [0.25, 0.3) is 6.47 Å². The highest BCUT2D eigenvalue weighted by molar-refractivity contribution is 5.39. The first-order valence-corrected chi connectivity index (χ1v) is 8.78. The van der Waals surface area contributed by atoms with E-state index in [2.05, 4.69) is 40.0 Å². The highest BCUT2D eigenvalue weighted by Crippen LogP contribution is 2.13. The summed E-state index contributed by atoms with van der Waals surface area (Å²) in [5, 5.41) is 3.08. The summed E-state index contributed by atoms with van der Waals surface area (Å²) in [5.74, 6) is 5.93. The summed E-state index contributed by atoms with van der Waals surface area (Å²) in [7, 11) is 1.80. The van der Waals surface area contributed by atoms with Crippen LogP contribution in [-0.2, 0) is 9.53 Å². The molecule has 0 bridgehead atoms. The molecule has 146 valence electrons. The Morgan fingerprint density at radius 3 is 2.14 bits per heavy atom. The molecule has 0 fully saturated rings. The number of carbonyl (C=O) groups is 1. The minimum atomic E-state index is -0.0893. The second-order valence-electron chi connectivity index (χ2n) is 5.36. The van der Waals surface area contributed by atoms with Crippen molar-refractivity contribution in [1.82, 2.24) is 15.3 Å². The number of carbonyl (C=O) groups excluding carboxylic acids is 1. The zero-order valence-corrected chi connectivity index (χ0v) is 16.2. The molecule has 0 radical (unpaired) electrons. The summed E-state index contributed by atoms with van der Waals surface area (Å²) in [5.41, 5.74) is 2.29. The molecule has 3 aromatic rings. The third-order valence-corrected chi connectivity index (χ3v) is 3.52. The van der Waals surface area contributed by atoms with Crippen LogP contribution in [0.5, 0.6) is 0 Å². The topological polar surface area (TPSA) is 64.1 Å². The Morgan fingerprint density at radius 1 is 0.966 bits per heavy atom. The maximum atomic E-state index is 10.3. The lowest BCUT2D eigenvalue weighted by Crippen LogP contribution is -2.21. The Hall–Kier alpha value is -3.93. The number of hydrogen-bond acceptors (Lipinski definition) is 5. The molecule has 0 aliphatic carbocycles. The van der Waals surface area contributed by atoms with Gasteiger partial charge in [-0.25, -0.2) is 9.97 Å². The summed E-state index contributed by atoms with van der Waals surface area (Å²) < 4.78 is 4.80. The van der Waals surface area contributed by atoms with E-state index in [9.17, 15) is 4.79 Å². The molecule has 5 heteroatoms. The number of hydrogen-bond donors (Lipinski definition) is 1. The van der Waals surface area contributed by atoms with Crippen LogP contribution in [0.25, 0.3) is 0 Å². The average Bonchev–Trinajstić information content (AvgIpc) is 2.82. The summed E-state index contributed by atoms with van der Waals surface area (Å²) in [6.07, 6.45) is 11.4. The minimum absolute atomic E-state index is 0.0893. The fourth-order valence-corrected chi connectivity index (χ4v) is 2.16. The van der Waals surface area contributed by atoms with Crippen molar-refractivity contribution in [2.75, 3.05) is 13.7 Å². The molecule has 0 saturated heterocycles. The fourth-order valence-electron chi connectivity index (χ4n) is 2.16. The van der Waals surface area contributed by atoms with Gasteiger partial charge >= 0.3 is 0 Å². The van der Waals surface area contributed by atoms with Crippen LogP contribution >= 0.6 is 0 Å². The van der Waals surface area contributed by atoms with E-state index in [1.165, 1.54) is 0 Å². The summed E-state index contributed by atoms with van der Waals surface area (Å²) in [6.45, 7) is 0.699. The monoisotopic (exact) mass is 385 g/mol. The van der Waals surface area contributed by atoms with Crippen LogP contribution in [0.15, 0.2) is 79.1 Å². The van der Waals surface area contributed by atoms with E-state index in [0.717, 1.165) is 5.56 Å². The molecule has 0 amide bonds. The number of pyridine rings is 2. The molecule has 2 heterocycles. The van der Waals surface area contributed by atoms with Gasteiger partial charge in [-0.2, -0.15) is 0 Å². The first-order chi connectivity index (χ1) is 14.3. The molecule has 5 nitrogen and oxygen atoms in total. The van der Waals surface area contributed by atoms with Crippen LogP contribution in [0.3, 0.4) is 0 Å². The Labute approximate surface area is 172 Å². The molecule has 1 atom stereocenters. The molecule has 29 heavy (non-hydrogen) atoms. The molecule has 1 aromatic carbocycles. The molecular weight excluding hydrogens is 362 g/mol. The zero-order chi connectivity index (χ0) is 21.2. The van der Waals surface area contributed by atoms with E-state index in [1.54, 1.807) is 19.4 Å². The second-order valence-corrected chi connectivity index (χ2v) is 5.36. The van der Waals surface area contributed by atoms with Crippen molar-refractivity contribution >= 4 is 6.47 Å². The summed E-state index contributed by atoms with van der Waals surface area (Å²) in [6, 6.07) is 21.2. The van der Waals surface area contributed by atoms with E-state index in [4.69, 9.17) is 4.74 Å². The van der Waals surface area contributed by atoms with Crippen LogP contribution < -0.4 is 5.32 Å². The van der Waals surface area contributed by atoms with Gasteiger partial charge in [-0.15, -0.1) is 12.8 Å². The van der Waals surface area contributed by atoms with Gasteiger partial charge in [0.05, 0.1) is 6.04 Å². The molecule has 0 aliphatic rings. The largest absolute Gasteiger partial charge is 0.466 e. The smallest absolute Gasteiger partial charge is 0.293 e. The number of nitrogens with zero attached hydrogens (tertiary/aromatic N) is 2. The number of aromatic nitrogens is 2. The molecule has 1 N–H and O–H groups in total. The van der Waals surface area contributed by atoms with Crippen molar-refractivity contribution in [2.24, 2.45) is 0 Å². The van der Waals surface area contributed by atoms with Crippen LogP contribution in [0.2, 0.25) is 0 Å². The number of benzene rings is 1. The van der Waals surface area contributed by atoms with E-state index < -0.39 is 0 Å². The number of nitrogens with one attached hydrogen (secondary N) is 1. The molecule has 3 rings (SSSR count). The predicted octanol–water partition coefficient (Wildman–Crippen LogP) is 3.25. The third-order valence-electron chi connectivity index (χ3n) is 3.52. The van der Waals surface area contributed by atoms with Gasteiger partial charge in [0, 0.05) is 12.4 Å². The molecule has 0 spiro atoms. The minimum Gasteiger partial charge on any atom is -0.466 e. The van der Waals surface area contributed by atoms with Crippen molar-refractivity contribution in [2.45, 2.75) is 6.04 Å². The van der Waals surface area contributed by atoms with Crippen molar-refractivity contribution in [3.63, 3.8) is 0 Å². The zero-order valence-electron chi connectivity index (χ0n) is 16.2. The van der Waals surface area contributed by atoms with Crippen LogP contribution in [0.1, 0.15) is 23.0 Å². The summed E-state index contributed by atoms with van der Waals surface area (Å²) >= 11 is 0. The molecule has 2 aromatic heterocycles. The lowest BCUT2D eigenvalue weighted by molar-refractivity contribution is -0.129. The first-order valence-electron chi connectivity index (χ1n) is 8.78. The van der Waals surface area contributed by atoms with Crippen LogP contribution in [0, 0.1) is 24.7 Å². The Kier molecular flexibility index (Phi) is 12.1. The Morgan fingerprint density at radius 2 is 1.59 bits per heavy atom. The highest BCUT2D eigenvalue weighted by atomic mass is 16.5. The number of rotatable bonds is 5. The quantitative estimate of drug-likeness (QED) is 0.540. The van der Waals surface area contributed by atoms with E-state index in [0.29, 0.717) is 17.9 Å². The van der Waals surface area contributed by atoms with Gasteiger partial charge in [0.1, 0.15) is 18.0 Å². The van der Waals surface area contributed by atoms with Gasteiger partial charge in [-0.1, -0.05) is 42.5 Å². The van der Waals surface area contributed by atoms with Gasteiger partial charge in [-0.05, 0) is 48.7 Å². The first kappa shape index (κ1) is 23.1. The second kappa shape index (κ2) is 15.2. The molecule has 0 saturated carbocycles. The number of ether oxygens (including phenoxy) is 1. The van der Waals surface area contributed by atoms with Crippen LogP contribution in [0.4, 0.5) is 0 Å². The van der Waals surface area contributed by atoms with Crippen LogP contribution in [-0.4, -0.2) is 30.1 Å². The predicted molar refractivity (Wildman–Crippen MR) is 115 cm³/mol. The van der Waals surface area contributed by atoms with Gasteiger partial charge in [-0.3, -0.25) is 4.79 Å². The van der Waals surface area contributed by atoms with Crippen molar-refractivity contribution in [1.29, 1.82) is 0 Å². The average molecular weight is 385 g/mol. The molecule has 0 unspecified atom stereocenters. The van der Waals surface area contributed by atoms with Crippen molar-refractivity contribution in [3.8, 4) is 24.7 Å². The maximum absolute atomic E-state index is 10.3. The Bertz CT molecular complexity index is 874. The normalized spacial score (nSPS) is 9.76. The maximum Gasteiger partial charge on any atom is 0.293 e. The van der Waals surface area contributed by atoms with E-state index >= 15 is 0 Å². The standard InChI is InChI=1S/C16H15N3O2.C6H6.C2H2/c1-17-16(11-21-12-20)13-7-9-19-15(10-13)6-5-14-4-2-3-8-18-14;1-2-4-6-5-3-1;1-2/h2-4,7-10,12,16-17H,11H2,1H3;1-6H;1-2H/t16-;;/m0../s1. The van der Waals surface area contributed by atoms with Crippen molar-refractivity contribution < 1.29 is 9.53 Å². The number of terminal acetylenes is 1. The Balaban J connectivity index is 0.000000442. The number of likely N-dealkylation sites (N-methyl/N-ethyl adjacent to an activating group) is 1. The van der Waals surface area contributed by atoms with Gasteiger partial charge in [0.2, 0.25) is 0 Å². The van der Waals surface area contributed by atoms with Crippen molar-refractivity contribution in [3.05, 3.63) is 96.1 Å². The van der Waals surface area contributed by atoms with E-state index in [-0.39, 0.29) is 12.6 Å². The highest BCUT2D eigenvalue weighted by Gasteiger charge is 2.10. The van der Waals surface area contributed by atoms with Gasteiger partial charge in [0.15, 0.2) is 0 Å². The summed E-state index contributed by atoms with van der Waals surface area (Å²) in [4.78, 5) is 18.6. The van der Waals surface area contributed by atoms with E-state index in [1.807, 2.05) is 66.7 Å². The van der Waals surface area contributed by atoms with Gasteiger partial charge < -0.3 is 10.1 Å². The fraction of sp³-hybridized carbons (Fsp3) is 0.125. The SMILES string of the molecule is C#C.CN[C@@H](COC=O)c1ccnc(C#Cc2ccccn2)c1.c1ccccc1. The molecular formula is C24H23N3O2. The lowest BCUT2D eigenvalue weighted by atomic mass is 10.1. The third kappa shape index (κ3) is 9.53.